The second kappa shape index (κ2) is 1.93. The van der Waals surface area contributed by atoms with Crippen LogP contribution in [0.25, 0.3) is 4.96 Å². The van der Waals surface area contributed by atoms with Crippen molar-refractivity contribution in [3.8, 4) is 0 Å². The predicted molar refractivity (Wildman–Crippen MR) is 43.0 cm³/mol. The topological polar surface area (TPSA) is 56.2 Å². The Kier molecular flexibility index (Phi) is 1.18. The highest BCUT2D eigenvalue weighted by molar-refractivity contribution is 9.10. The smallest absolute Gasteiger partial charge is 0.241 e. The van der Waals surface area contributed by atoms with Crippen LogP contribution in [0.3, 0.4) is 0 Å². The number of halogens is 1. The Morgan fingerprint density at radius 2 is 2.50 bits per heavy atom. The van der Waals surface area contributed by atoms with Crippen molar-refractivity contribution in [3.05, 3.63) is 9.98 Å². The molecule has 2 rings (SSSR count). The molecular weight excluding hydrogens is 216 g/mol. The molecule has 0 amide bonds. The summed E-state index contributed by atoms with van der Waals surface area (Å²) in [4.78, 5) is 4.76. The van der Waals surface area contributed by atoms with E-state index in [-0.39, 0.29) is 0 Å². The first-order valence-electron chi connectivity index (χ1n) is 2.52. The molecule has 0 aliphatic heterocycles. The molecule has 2 aromatic heterocycles. The largest absolute Gasteiger partial charge is 0.366 e. The van der Waals surface area contributed by atoms with E-state index in [0.29, 0.717) is 5.95 Å². The van der Waals surface area contributed by atoms with Crippen molar-refractivity contribution in [3.63, 3.8) is 0 Å². The lowest BCUT2D eigenvalue weighted by Gasteiger charge is -1.79. The van der Waals surface area contributed by atoms with Crippen LogP contribution in [-0.2, 0) is 0 Å². The van der Waals surface area contributed by atoms with Crippen LogP contribution >= 0.6 is 27.3 Å². The van der Waals surface area contributed by atoms with Crippen molar-refractivity contribution < 1.29 is 0 Å². The molecule has 0 spiro atoms. The summed E-state index contributed by atoms with van der Waals surface area (Å²) in [6, 6.07) is 0. The summed E-state index contributed by atoms with van der Waals surface area (Å²) in [6.45, 7) is 0. The third-order valence-corrected chi connectivity index (χ3v) is 2.74. The van der Waals surface area contributed by atoms with Crippen LogP contribution in [0.15, 0.2) is 9.98 Å². The predicted octanol–water partition coefficient (Wildman–Crippen LogP) is 1.14. The number of fused-ring (bicyclic) bond motifs is 1. The summed E-state index contributed by atoms with van der Waals surface area (Å²) >= 11 is 4.79. The first kappa shape index (κ1) is 6.11. The van der Waals surface area contributed by atoms with Crippen molar-refractivity contribution in [2.45, 2.75) is 0 Å². The molecule has 0 saturated carbocycles. The Bertz CT molecular complexity index is 364. The fourth-order valence-electron chi connectivity index (χ4n) is 0.680. The summed E-state index contributed by atoms with van der Waals surface area (Å²) < 4.78 is 2.54. The normalized spacial score (nSPS) is 10.9. The quantitative estimate of drug-likeness (QED) is 0.722. The Labute approximate surface area is 68.8 Å². The highest BCUT2D eigenvalue weighted by Crippen LogP contribution is 2.19. The zero-order valence-corrected chi connectivity index (χ0v) is 7.19. The van der Waals surface area contributed by atoms with Crippen molar-refractivity contribution in [1.82, 2.24) is 14.6 Å². The number of hydrogen-bond donors (Lipinski definition) is 1. The molecule has 10 heavy (non-hydrogen) atoms. The molecule has 0 unspecified atom stereocenters. The highest BCUT2D eigenvalue weighted by atomic mass is 79.9. The lowest BCUT2D eigenvalue weighted by Crippen LogP contribution is -1.88. The molecule has 2 aromatic rings. The van der Waals surface area contributed by atoms with E-state index in [0.717, 1.165) is 9.56 Å². The molecule has 0 aromatic carbocycles. The molecule has 0 bridgehead atoms. The number of anilines is 1. The summed E-state index contributed by atoms with van der Waals surface area (Å²) in [5.41, 5.74) is 5.35. The fourth-order valence-corrected chi connectivity index (χ4v) is 2.01. The van der Waals surface area contributed by atoms with Crippen LogP contribution in [0.4, 0.5) is 5.95 Å². The van der Waals surface area contributed by atoms with Gasteiger partial charge < -0.3 is 5.73 Å². The molecule has 2 heterocycles. The minimum Gasteiger partial charge on any atom is -0.366 e. The second-order valence-electron chi connectivity index (χ2n) is 1.72. The average molecular weight is 219 g/mol. The van der Waals surface area contributed by atoms with Crippen molar-refractivity contribution in [2.24, 2.45) is 0 Å². The van der Waals surface area contributed by atoms with Crippen LogP contribution in [0.2, 0.25) is 0 Å². The van der Waals surface area contributed by atoms with Gasteiger partial charge in [0.1, 0.15) is 4.60 Å². The maximum absolute atomic E-state index is 5.35. The Hall–Kier alpha value is -0.620. The van der Waals surface area contributed by atoms with E-state index in [1.54, 1.807) is 4.52 Å². The maximum atomic E-state index is 5.35. The standard InChI is InChI=1S/C4H3BrN4S/c5-2-1-10-4-7-3(6)8-9(2)4/h1H,(H2,6,8). The van der Waals surface area contributed by atoms with Gasteiger partial charge >= 0.3 is 0 Å². The van der Waals surface area contributed by atoms with Gasteiger partial charge in [-0.3, -0.25) is 0 Å². The van der Waals surface area contributed by atoms with E-state index in [1.807, 2.05) is 5.38 Å². The van der Waals surface area contributed by atoms with Crippen LogP contribution in [-0.4, -0.2) is 14.6 Å². The molecule has 4 nitrogen and oxygen atoms in total. The molecule has 0 aliphatic carbocycles. The van der Waals surface area contributed by atoms with Crippen molar-refractivity contribution in [1.29, 1.82) is 0 Å². The van der Waals surface area contributed by atoms with E-state index in [1.165, 1.54) is 11.3 Å². The van der Waals surface area contributed by atoms with Gasteiger partial charge in [-0.15, -0.1) is 16.4 Å². The van der Waals surface area contributed by atoms with E-state index < -0.39 is 0 Å². The summed E-state index contributed by atoms with van der Waals surface area (Å²) in [6.07, 6.45) is 0. The van der Waals surface area contributed by atoms with Gasteiger partial charge in [0, 0.05) is 5.38 Å². The average Bonchev–Trinajstić information content (AvgIpc) is 2.35. The zero-order valence-electron chi connectivity index (χ0n) is 4.78. The SMILES string of the molecule is Nc1nc2scc(Br)n2n1. The number of thiazole rings is 1. The van der Waals surface area contributed by atoms with Gasteiger partial charge in [0.05, 0.1) is 0 Å². The van der Waals surface area contributed by atoms with Crippen LogP contribution in [0.5, 0.6) is 0 Å². The first-order valence-corrected chi connectivity index (χ1v) is 4.20. The van der Waals surface area contributed by atoms with Gasteiger partial charge in [-0.05, 0) is 15.9 Å². The molecule has 2 N–H and O–H groups in total. The first-order chi connectivity index (χ1) is 4.77. The summed E-state index contributed by atoms with van der Waals surface area (Å²) in [5.74, 6) is 0.313. The third kappa shape index (κ3) is 0.723. The summed E-state index contributed by atoms with van der Waals surface area (Å²) in [7, 11) is 0. The van der Waals surface area contributed by atoms with Crippen LogP contribution < -0.4 is 5.73 Å². The van der Waals surface area contributed by atoms with E-state index in [2.05, 4.69) is 26.0 Å². The lowest BCUT2D eigenvalue weighted by atomic mass is 11.0. The monoisotopic (exact) mass is 218 g/mol. The Morgan fingerprint density at radius 3 is 3.20 bits per heavy atom. The lowest BCUT2D eigenvalue weighted by molar-refractivity contribution is 0.960. The van der Waals surface area contributed by atoms with Crippen LogP contribution in [0, 0.1) is 0 Å². The van der Waals surface area contributed by atoms with Crippen molar-refractivity contribution in [2.75, 3.05) is 5.73 Å². The van der Waals surface area contributed by atoms with Gasteiger partial charge in [-0.2, -0.15) is 9.50 Å². The van der Waals surface area contributed by atoms with E-state index >= 15 is 0 Å². The Balaban J connectivity index is 2.90. The second-order valence-corrected chi connectivity index (χ2v) is 3.37. The number of nitrogens with two attached hydrogens (primary N) is 1. The fraction of sp³-hybridized carbons (Fsp3) is 0. The Morgan fingerprint density at radius 1 is 1.70 bits per heavy atom. The number of aromatic nitrogens is 3. The van der Waals surface area contributed by atoms with Crippen LogP contribution in [0.1, 0.15) is 0 Å². The molecule has 0 radical (unpaired) electrons. The molecule has 6 heteroatoms. The molecule has 0 atom stereocenters. The molecule has 0 fully saturated rings. The van der Waals surface area contributed by atoms with Gasteiger partial charge in [0.2, 0.25) is 10.9 Å². The van der Waals surface area contributed by atoms with Gasteiger partial charge in [0.25, 0.3) is 0 Å². The number of hydrogen-bond acceptors (Lipinski definition) is 4. The number of rotatable bonds is 0. The number of nitrogens with zero attached hydrogens (tertiary/aromatic N) is 3. The minimum absolute atomic E-state index is 0.313. The van der Waals surface area contributed by atoms with E-state index in [4.69, 9.17) is 5.73 Å². The van der Waals surface area contributed by atoms with E-state index in [9.17, 15) is 0 Å². The molecular formula is C4H3BrN4S. The zero-order chi connectivity index (χ0) is 7.14. The van der Waals surface area contributed by atoms with Crippen molar-refractivity contribution >= 4 is 38.2 Å². The summed E-state index contributed by atoms with van der Waals surface area (Å²) in [5, 5.41) is 5.83. The van der Waals surface area contributed by atoms with Gasteiger partial charge in [-0.25, -0.2) is 0 Å². The maximum Gasteiger partial charge on any atom is 0.241 e. The third-order valence-electron chi connectivity index (χ3n) is 1.06. The van der Waals surface area contributed by atoms with Gasteiger partial charge in [-0.1, -0.05) is 0 Å². The van der Waals surface area contributed by atoms with Gasteiger partial charge in [0.15, 0.2) is 0 Å². The molecule has 0 saturated heterocycles. The number of nitrogen functional groups attached to an aromatic ring is 1. The minimum atomic E-state index is 0.313. The molecule has 0 aliphatic rings. The highest BCUT2D eigenvalue weighted by Gasteiger charge is 2.03. The molecule has 52 valence electrons.